The van der Waals surface area contributed by atoms with Gasteiger partial charge in [-0.2, -0.15) is 0 Å². The molecule has 2 N–H and O–H groups in total. The molecule has 0 radical (unpaired) electrons. The van der Waals surface area contributed by atoms with E-state index < -0.39 is 0 Å². The van der Waals surface area contributed by atoms with E-state index >= 15 is 0 Å². The minimum atomic E-state index is 0.0692. The van der Waals surface area contributed by atoms with Crippen molar-refractivity contribution in [3.8, 4) is 0 Å². The molecule has 4 nitrogen and oxygen atoms in total. The molecule has 1 unspecified atom stereocenters. The van der Waals surface area contributed by atoms with Gasteiger partial charge in [0.1, 0.15) is 0 Å². The summed E-state index contributed by atoms with van der Waals surface area (Å²) in [5.74, 6) is 2.06. The van der Waals surface area contributed by atoms with Gasteiger partial charge in [0.2, 0.25) is 0 Å². The molecule has 48 heavy (non-hydrogen) atoms. The number of aromatic nitrogens is 4. The number of H-pyrrole nitrogens is 2. The van der Waals surface area contributed by atoms with Crippen LogP contribution in [0.3, 0.4) is 0 Å². The fourth-order valence-corrected chi connectivity index (χ4v) is 8.87. The van der Waals surface area contributed by atoms with Gasteiger partial charge in [-0.1, -0.05) is 76.2 Å². The zero-order valence-electron chi connectivity index (χ0n) is 32.1. The normalized spacial score (nSPS) is 15.2. The van der Waals surface area contributed by atoms with Crippen LogP contribution < -0.4 is 0 Å². The molecule has 0 fully saturated rings. The van der Waals surface area contributed by atoms with Crippen LogP contribution in [-0.2, 0) is 6.42 Å². The lowest BCUT2D eigenvalue weighted by atomic mass is 9.74. The standard InChI is InChI=1S/C44H64N4/c1-12-27(13-2)39-32-20-21-33(45-32)40(28(14-3)15-4)35-24-25-37(47-35)42(30(18-7)19-8)43-31(44(9,10)11)26-38(48-43)41(29(16-5)17-6)36-23-22-34(39)46-36/h20-25,27-31,45-46H,12-19,26H2,1-11H3. The van der Waals surface area contributed by atoms with Gasteiger partial charge in [0.25, 0.3) is 0 Å². The molecule has 5 rings (SSSR count). The first kappa shape index (κ1) is 36.1. The smallest absolute Gasteiger partial charge is 0.0693 e. The number of nitrogens with zero attached hydrogens (tertiary/aromatic N) is 2. The van der Waals surface area contributed by atoms with E-state index in [0.29, 0.717) is 29.6 Å². The van der Waals surface area contributed by atoms with Gasteiger partial charge in [-0.15, -0.1) is 0 Å². The Morgan fingerprint density at radius 1 is 0.542 bits per heavy atom. The van der Waals surface area contributed by atoms with Crippen molar-refractivity contribution >= 4 is 34.2 Å². The second kappa shape index (κ2) is 15.2. The number of nitrogens with one attached hydrogen (secondary N) is 2. The molecule has 4 heteroatoms. The molecule has 8 bridgehead atoms. The number of fused-ring (bicyclic) bond motifs is 8. The van der Waals surface area contributed by atoms with Crippen LogP contribution in [-0.4, -0.2) is 19.9 Å². The van der Waals surface area contributed by atoms with Gasteiger partial charge in [-0.05, 0) is 123 Å². The van der Waals surface area contributed by atoms with Crippen molar-refractivity contribution in [2.45, 2.75) is 164 Å². The van der Waals surface area contributed by atoms with Crippen molar-refractivity contribution in [1.82, 2.24) is 19.9 Å². The summed E-state index contributed by atoms with van der Waals surface area (Å²) in [6, 6.07) is 9.37. The van der Waals surface area contributed by atoms with Crippen molar-refractivity contribution < 1.29 is 0 Å². The lowest BCUT2D eigenvalue weighted by molar-refractivity contribution is 0.321. The highest BCUT2D eigenvalue weighted by atomic mass is 14.8. The van der Waals surface area contributed by atoms with Crippen molar-refractivity contribution in [1.29, 1.82) is 0 Å². The van der Waals surface area contributed by atoms with Crippen LogP contribution in [0, 0.1) is 5.41 Å². The van der Waals surface area contributed by atoms with Gasteiger partial charge >= 0.3 is 0 Å². The summed E-state index contributed by atoms with van der Waals surface area (Å²) in [7, 11) is 0. The molecule has 260 valence electrons. The van der Waals surface area contributed by atoms with Crippen molar-refractivity contribution in [3.63, 3.8) is 0 Å². The molecular formula is C44H64N4. The quantitative estimate of drug-likeness (QED) is 0.161. The number of aromatic amines is 2. The summed E-state index contributed by atoms with van der Waals surface area (Å²) >= 11 is 0. The van der Waals surface area contributed by atoms with Crippen LogP contribution in [0.1, 0.15) is 202 Å². The molecule has 0 aromatic carbocycles. The predicted molar refractivity (Wildman–Crippen MR) is 209 cm³/mol. The Hall–Kier alpha value is -3.14. The van der Waals surface area contributed by atoms with Gasteiger partial charge in [0, 0.05) is 55.9 Å². The lowest BCUT2D eigenvalue weighted by Gasteiger charge is -2.29. The maximum Gasteiger partial charge on any atom is 0.0693 e. The maximum absolute atomic E-state index is 5.79. The summed E-state index contributed by atoms with van der Waals surface area (Å²) in [5.41, 5.74) is 15.3. The second-order valence-corrected chi connectivity index (χ2v) is 15.6. The molecular weight excluding hydrogens is 585 g/mol. The lowest BCUT2D eigenvalue weighted by Crippen LogP contribution is -2.20. The van der Waals surface area contributed by atoms with E-state index in [4.69, 9.17) is 9.97 Å². The highest BCUT2D eigenvalue weighted by Gasteiger charge is 2.37. The van der Waals surface area contributed by atoms with Gasteiger partial charge in [0.05, 0.1) is 17.1 Å². The Labute approximate surface area is 291 Å². The molecule has 0 saturated heterocycles. The molecule has 2 aliphatic rings. The molecule has 0 spiro atoms. The van der Waals surface area contributed by atoms with Crippen molar-refractivity contribution in [2.75, 3.05) is 0 Å². The van der Waals surface area contributed by atoms with E-state index in [9.17, 15) is 0 Å². The predicted octanol–water partition coefficient (Wildman–Crippen LogP) is 13.5. The third kappa shape index (κ3) is 6.70. The zero-order chi connectivity index (χ0) is 34.7. The SMILES string of the molecule is CCC(CC)c1c2nc(c(C(CC)CC)c3ccc([nH]3)c(C(CC)CC)c3ccc([nH]3)c(C(CC)CC)c3nc1C(C(C)(C)C)C3)C=C2. The minimum absolute atomic E-state index is 0.0692. The third-order valence-corrected chi connectivity index (χ3v) is 11.9. The second-order valence-electron chi connectivity index (χ2n) is 15.6. The number of hydrogen-bond donors (Lipinski definition) is 2. The van der Waals surface area contributed by atoms with Crippen molar-refractivity contribution in [2.24, 2.45) is 5.41 Å². The van der Waals surface area contributed by atoms with Crippen LogP contribution in [0.2, 0.25) is 0 Å². The Bertz CT molecular complexity index is 1740. The fourth-order valence-electron chi connectivity index (χ4n) is 8.87. The average Bonchev–Trinajstić information content (AvgIpc) is 3.90. The maximum atomic E-state index is 5.79. The summed E-state index contributed by atoms with van der Waals surface area (Å²) in [5, 5.41) is 0. The van der Waals surface area contributed by atoms with Gasteiger partial charge < -0.3 is 9.97 Å². The van der Waals surface area contributed by atoms with Crippen molar-refractivity contribution in [3.05, 3.63) is 69.3 Å². The summed E-state index contributed by atoms with van der Waals surface area (Å²) in [4.78, 5) is 19.4. The molecule has 2 aliphatic heterocycles. The van der Waals surface area contributed by atoms with E-state index in [1.54, 1.807) is 0 Å². The van der Waals surface area contributed by atoms with Gasteiger partial charge in [0.15, 0.2) is 0 Å². The van der Waals surface area contributed by atoms with Crippen LogP contribution in [0.4, 0.5) is 0 Å². The van der Waals surface area contributed by atoms with Crippen LogP contribution in [0.5, 0.6) is 0 Å². The first-order valence-corrected chi connectivity index (χ1v) is 19.5. The molecule has 3 aromatic heterocycles. The van der Waals surface area contributed by atoms with E-state index in [1.165, 1.54) is 55.7 Å². The number of hydrogen-bond acceptors (Lipinski definition) is 2. The topological polar surface area (TPSA) is 57.4 Å². The van der Waals surface area contributed by atoms with Crippen LogP contribution in [0.25, 0.3) is 34.2 Å². The fraction of sp³-hybridized carbons (Fsp3) is 0.591. The number of rotatable bonds is 12. The molecule has 0 amide bonds. The molecule has 1 atom stereocenters. The summed E-state index contributed by atoms with van der Waals surface area (Å²) in [6.07, 6.45) is 14.3. The summed E-state index contributed by atoms with van der Waals surface area (Å²) < 4.78 is 0. The Morgan fingerprint density at radius 2 is 0.917 bits per heavy atom. The third-order valence-electron chi connectivity index (χ3n) is 11.9. The monoisotopic (exact) mass is 649 g/mol. The Balaban J connectivity index is 2.09. The Morgan fingerprint density at radius 3 is 1.38 bits per heavy atom. The van der Waals surface area contributed by atoms with E-state index in [0.717, 1.165) is 69.2 Å². The van der Waals surface area contributed by atoms with Crippen LogP contribution >= 0.6 is 0 Å². The van der Waals surface area contributed by atoms with Gasteiger partial charge in [-0.3, -0.25) is 4.98 Å². The first-order valence-electron chi connectivity index (χ1n) is 19.5. The van der Waals surface area contributed by atoms with Crippen LogP contribution in [0.15, 0.2) is 24.3 Å². The average molecular weight is 649 g/mol. The Kier molecular flexibility index (Phi) is 11.4. The first-order chi connectivity index (χ1) is 23.1. The zero-order valence-corrected chi connectivity index (χ0v) is 32.1. The highest BCUT2D eigenvalue weighted by molar-refractivity contribution is 5.81. The highest BCUT2D eigenvalue weighted by Crippen LogP contribution is 2.47. The van der Waals surface area contributed by atoms with Gasteiger partial charge in [-0.25, -0.2) is 4.98 Å². The molecule has 0 saturated carbocycles. The van der Waals surface area contributed by atoms with E-state index in [1.807, 2.05) is 0 Å². The minimum Gasteiger partial charge on any atom is -0.355 e. The molecule has 0 aliphatic carbocycles. The molecule has 3 aromatic rings. The molecule has 5 heterocycles. The van der Waals surface area contributed by atoms with E-state index in [2.05, 4.69) is 123 Å². The summed E-state index contributed by atoms with van der Waals surface area (Å²) in [6.45, 7) is 25.9. The largest absolute Gasteiger partial charge is 0.355 e. The van der Waals surface area contributed by atoms with E-state index in [-0.39, 0.29) is 5.41 Å².